The maximum absolute atomic E-state index is 4.44. The number of nitrogens with zero attached hydrogens (tertiary/aromatic N) is 3. The van der Waals surface area contributed by atoms with Crippen molar-refractivity contribution in [3.63, 3.8) is 0 Å². The number of pyridine rings is 1. The van der Waals surface area contributed by atoms with Crippen LogP contribution in [0.4, 0.5) is 10.9 Å². The molecule has 1 aromatic carbocycles. The van der Waals surface area contributed by atoms with Gasteiger partial charge in [-0.25, -0.2) is 9.97 Å². The van der Waals surface area contributed by atoms with Crippen molar-refractivity contribution in [2.24, 2.45) is 0 Å². The molecule has 3 rings (SSSR count). The molecule has 0 atom stereocenters. The fraction of sp³-hybridized carbons (Fsp3) is 0.176. The Morgan fingerprint density at radius 2 is 1.91 bits per heavy atom. The SMILES string of the molecule is CN(C)Cc1ccnc(Nc2ncc(-c3ccccc3)s2)c1. The molecule has 0 aliphatic rings. The summed E-state index contributed by atoms with van der Waals surface area (Å²) in [5.41, 5.74) is 2.41. The van der Waals surface area contributed by atoms with Crippen molar-refractivity contribution in [2.45, 2.75) is 6.54 Å². The maximum atomic E-state index is 4.44. The van der Waals surface area contributed by atoms with Gasteiger partial charge in [0, 0.05) is 18.9 Å². The molecule has 0 saturated carbocycles. The van der Waals surface area contributed by atoms with Crippen molar-refractivity contribution in [2.75, 3.05) is 19.4 Å². The second-order valence-electron chi connectivity index (χ2n) is 5.31. The Balaban J connectivity index is 1.75. The summed E-state index contributed by atoms with van der Waals surface area (Å²) in [4.78, 5) is 12.1. The predicted octanol–water partition coefficient (Wildman–Crippen LogP) is 4.01. The van der Waals surface area contributed by atoms with Gasteiger partial charge in [0.05, 0.1) is 4.88 Å². The molecule has 0 amide bonds. The van der Waals surface area contributed by atoms with Crippen molar-refractivity contribution in [3.8, 4) is 10.4 Å². The van der Waals surface area contributed by atoms with E-state index in [0.717, 1.165) is 22.4 Å². The molecule has 4 nitrogen and oxygen atoms in total. The maximum Gasteiger partial charge on any atom is 0.188 e. The van der Waals surface area contributed by atoms with E-state index in [9.17, 15) is 0 Å². The Morgan fingerprint density at radius 3 is 2.68 bits per heavy atom. The highest BCUT2D eigenvalue weighted by molar-refractivity contribution is 7.18. The predicted molar refractivity (Wildman–Crippen MR) is 92.5 cm³/mol. The number of thiazole rings is 1. The van der Waals surface area contributed by atoms with E-state index in [4.69, 9.17) is 0 Å². The van der Waals surface area contributed by atoms with Gasteiger partial charge in [-0.2, -0.15) is 0 Å². The second-order valence-corrected chi connectivity index (χ2v) is 6.34. The molecule has 5 heteroatoms. The van der Waals surface area contributed by atoms with E-state index >= 15 is 0 Å². The van der Waals surface area contributed by atoms with Gasteiger partial charge in [0.1, 0.15) is 5.82 Å². The van der Waals surface area contributed by atoms with Gasteiger partial charge in [0.2, 0.25) is 0 Å². The minimum absolute atomic E-state index is 0.827. The largest absolute Gasteiger partial charge is 0.316 e. The Morgan fingerprint density at radius 1 is 1.09 bits per heavy atom. The average Bonchev–Trinajstić information content (AvgIpc) is 2.96. The first-order chi connectivity index (χ1) is 10.7. The van der Waals surface area contributed by atoms with Crippen LogP contribution in [0.3, 0.4) is 0 Å². The van der Waals surface area contributed by atoms with Crippen molar-refractivity contribution >= 4 is 22.3 Å². The minimum Gasteiger partial charge on any atom is -0.316 e. The Labute approximate surface area is 134 Å². The van der Waals surface area contributed by atoms with E-state index in [1.807, 2.05) is 36.7 Å². The quantitative estimate of drug-likeness (QED) is 0.773. The van der Waals surface area contributed by atoms with Crippen molar-refractivity contribution < 1.29 is 0 Å². The Kier molecular flexibility index (Phi) is 4.46. The van der Waals surface area contributed by atoms with Gasteiger partial charge in [-0.05, 0) is 37.4 Å². The van der Waals surface area contributed by atoms with Gasteiger partial charge in [-0.3, -0.25) is 0 Å². The second kappa shape index (κ2) is 6.68. The molecule has 3 aromatic rings. The van der Waals surface area contributed by atoms with Gasteiger partial charge in [0.25, 0.3) is 0 Å². The lowest BCUT2D eigenvalue weighted by Gasteiger charge is -2.10. The van der Waals surface area contributed by atoms with Crippen LogP contribution in [0.25, 0.3) is 10.4 Å². The first-order valence-corrected chi connectivity index (χ1v) is 7.90. The third kappa shape index (κ3) is 3.69. The van der Waals surface area contributed by atoms with Crippen LogP contribution < -0.4 is 5.32 Å². The van der Waals surface area contributed by atoms with Crippen LogP contribution in [-0.4, -0.2) is 29.0 Å². The summed E-state index contributed by atoms with van der Waals surface area (Å²) >= 11 is 1.63. The topological polar surface area (TPSA) is 41.1 Å². The van der Waals surface area contributed by atoms with Crippen LogP contribution in [-0.2, 0) is 6.54 Å². The highest BCUT2D eigenvalue weighted by Crippen LogP contribution is 2.30. The Hall–Kier alpha value is -2.24. The molecule has 0 radical (unpaired) electrons. The lowest BCUT2D eigenvalue weighted by Crippen LogP contribution is -2.10. The lowest BCUT2D eigenvalue weighted by atomic mass is 10.2. The highest BCUT2D eigenvalue weighted by atomic mass is 32.1. The van der Waals surface area contributed by atoms with Crippen LogP contribution in [0.15, 0.2) is 54.9 Å². The zero-order chi connectivity index (χ0) is 15.4. The number of hydrogen-bond acceptors (Lipinski definition) is 5. The fourth-order valence-corrected chi connectivity index (χ4v) is 3.01. The molecule has 0 unspecified atom stereocenters. The molecule has 0 spiro atoms. The average molecular weight is 310 g/mol. The molecular formula is C17H18N4S. The monoisotopic (exact) mass is 310 g/mol. The molecule has 0 aliphatic carbocycles. The van der Waals surface area contributed by atoms with E-state index in [1.54, 1.807) is 11.3 Å². The van der Waals surface area contributed by atoms with Crippen LogP contribution in [0, 0.1) is 0 Å². The summed E-state index contributed by atoms with van der Waals surface area (Å²) in [5.74, 6) is 0.827. The molecule has 112 valence electrons. The zero-order valence-corrected chi connectivity index (χ0v) is 13.5. The fourth-order valence-electron chi connectivity index (χ4n) is 2.18. The Bertz CT molecular complexity index is 737. The van der Waals surface area contributed by atoms with Crippen LogP contribution >= 0.6 is 11.3 Å². The molecule has 2 aromatic heterocycles. The summed E-state index contributed by atoms with van der Waals surface area (Å²) in [6, 6.07) is 14.4. The molecule has 1 N–H and O–H groups in total. The van der Waals surface area contributed by atoms with Crippen LogP contribution in [0.1, 0.15) is 5.56 Å². The van der Waals surface area contributed by atoms with Gasteiger partial charge in [-0.1, -0.05) is 41.7 Å². The number of nitrogens with one attached hydrogen (secondary N) is 1. The molecule has 2 heterocycles. The van der Waals surface area contributed by atoms with E-state index in [2.05, 4.69) is 52.5 Å². The third-order valence-electron chi connectivity index (χ3n) is 3.12. The summed E-state index contributed by atoms with van der Waals surface area (Å²) in [6.07, 6.45) is 3.72. The number of rotatable bonds is 5. The molecule has 22 heavy (non-hydrogen) atoms. The number of aromatic nitrogens is 2. The van der Waals surface area contributed by atoms with Gasteiger partial charge in [-0.15, -0.1) is 0 Å². The summed E-state index contributed by atoms with van der Waals surface area (Å²) in [7, 11) is 4.11. The van der Waals surface area contributed by atoms with Crippen molar-refractivity contribution in [1.29, 1.82) is 0 Å². The molecule has 0 bridgehead atoms. The van der Waals surface area contributed by atoms with Gasteiger partial charge >= 0.3 is 0 Å². The first kappa shape index (κ1) is 14.7. The molecule has 0 saturated heterocycles. The molecule has 0 aliphatic heterocycles. The van der Waals surface area contributed by atoms with E-state index < -0.39 is 0 Å². The van der Waals surface area contributed by atoms with Crippen LogP contribution in [0.5, 0.6) is 0 Å². The van der Waals surface area contributed by atoms with Gasteiger partial charge in [0.15, 0.2) is 5.13 Å². The third-order valence-corrected chi connectivity index (χ3v) is 4.08. The summed E-state index contributed by atoms with van der Waals surface area (Å²) in [5, 5.41) is 4.14. The molecule has 0 fully saturated rings. The van der Waals surface area contributed by atoms with Crippen LogP contribution in [0.2, 0.25) is 0 Å². The zero-order valence-electron chi connectivity index (χ0n) is 12.7. The number of benzene rings is 1. The minimum atomic E-state index is 0.827. The summed E-state index contributed by atoms with van der Waals surface area (Å²) < 4.78 is 0. The van der Waals surface area contributed by atoms with Crippen molar-refractivity contribution in [1.82, 2.24) is 14.9 Å². The highest BCUT2D eigenvalue weighted by Gasteiger charge is 2.05. The standard InChI is InChI=1S/C17H18N4S/c1-21(2)12-13-8-9-18-16(10-13)20-17-19-11-15(22-17)14-6-4-3-5-7-14/h3-11H,12H2,1-2H3,(H,18,19,20). The van der Waals surface area contributed by atoms with Gasteiger partial charge < -0.3 is 10.2 Å². The summed E-state index contributed by atoms with van der Waals surface area (Å²) in [6.45, 7) is 0.893. The van der Waals surface area contributed by atoms with Crippen molar-refractivity contribution in [3.05, 3.63) is 60.4 Å². The van der Waals surface area contributed by atoms with E-state index in [1.165, 1.54) is 11.1 Å². The number of anilines is 2. The lowest BCUT2D eigenvalue weighted by molar-refractivity contribution is 0.402. The first-order valence-electron chi connectivity index (χ1n) is 7.08. The number of hydrogen-bond donors (Lipinski definition) is 1. The van der Waals surface area contributed by atoms with E-state index in [0.29, 0.717) is 0 Å². The smallest absolute Gasteiger partial charge is 0.188 e. The van der Waals surface area contributed by atoms with E-state index in [-0.39, 0.29) is 0 Å². The molecular weight excluding hydrogens is 292 g/mol. The normalized spacial score (nSPS) is 10.9.